The normalized spacial score (nSPS) is 9.00. The van der Waals surface area contributed by atoms with E-state index in [1.807, 2.05) is 6.08 Å². The van der Waals surface area contributed by atoms with Crippen molar-refractivity contribution in [3.05, 3.63) is 36.3 Å². The fourth-order valence-electron chi connectivity index (χ4n) is 1.37. The minimum Gasteiger partial charge on any atom is -0.550 e. The quantitative estimate of drug-likeness (QED) is 0.380. The molecule has 3 nitrogen and oxygen atoms in total. The summed E-state index contributed by atoms with van der Waals surface area (Å²) < 4.78 is 5.03. The number of unbranched alkanes of at least 4 members (excludes halogenated alkanes) is 3. The molecule has 1 heterocycles. The van der Waals surface area contributed by atoms with Gasteiger partial charge in [-0.3, -0.25) is 0 Å². The second-order valence-corrected chi connectivity index (χ2v) is 3.87. The molecule has 98 valence electrons. The summed E-state index contributed by atoms with van der Waals surface area (Å²) in [5, 5.41) is 10.2. The standard InChI is InChI=1S/C16H16O3.K/c17-16(18)13-9-7-5-3-1-2-4-6-8-11-15-12-10-14-19-15;/h1-2,10,12,14H,3,5,7,9,13H2,(H,17,18);/q;+1/p-1/b2-1-;. The Balaban J connectivity index is 0.00000361. The molecule has 0 aliphatic carbocycles. The van der Waals surface area contributed by atoms with Crippen LogP contribution < -0.4 is 56.5 Å². The van der Waals surface area contributed by atoms with Gasteiger partial charge in [0.15, 0.2) is 5.76 Å². The van der Waals surface area contributed by atoms with Crippen molar-refractivity contribution in [3.63, 3.8) is 0 Å². The number of aliphatic carboxylic acids is 1. The summed E-state index contributed by atoms with van der Waals surface area (Å²) in [4.78, 5) is 10.2. The van der Waals surface area contributed by atoms with E-state index < -0.39 is 5.97 Å². The van der Waals surface area contributed by atoms with Gasteiger partial charge in [-0.15, -0.1) is 0 Å². The van der Waals surface area contributed by atoms with Crippen LogP contribution in [-0.2, 0) is 4.79 Å². The fourth-order valence-corrected chi connectivity index (χ4v) is 1.37. The molecule has 0 radical (unpaired) electrons. The van der Waals surface area contributed by atoms with Crippen LogP contribution in [0.25, 0.3) is 0 Å². The Kier molecular flexibility index (Phi) is 12.7. The second-order valence-electron chi connectivity index (χ2n) is 3.87. The van der Waals surface area contributed by atoms with Gasteiger partial charge >= 0.3 is 51.4 Å². The summed E-state index contributed by atoms with van der Waals surface area (Å²) in [7, 11) is 0. The molecule has 0 aliphatic heterocycles. The van der Waals surface area contributed by atoms with Gasteiger partial charge in [-0.1, -0.05) is 18.4 Å². The third-order valence-corrected chi connectivity index (χ3v) is 2.29. The average molecular weight is 294 g/mol. The van der Waals surface area contributed by atoms with E-state index in [0.29, 0.717) is 12.2 Å². The van der Waals surface area contributed by atoms with Crippen molar-refractivity contribution in [3.8, 4) is 23.7 Å². The van der Waals surface area contributed by atoms with Gasteiger partial charge in [0.2, 0.25) is 0 Å². The molecule has 0 spiro atoms. The minimum atomic E-state index is -0.975. The number of furan rings is 1. The van der Waals surface area contributed by atoms with Crippen LogP contribution in [-0.4, -0.2) is 5.97 Å². The Morgan fingerprint density at radius 3 is 2.85 bits per heavy atom. The van der Waals surface area contributed by atoms with Crippen molar-refractivity contribution in [1.29, 1.82) is 0 Å². The zero-order chi connectivity index (χ0) is 13.8. The van der Waals surface area contributed by atoms with Crippen LogP contribution in [0, 0.1) is 23.7 Å². The van der Waals surface area contributed by atoms with Gasteiger partial charge in [0.25, 0.3) is 0 Å². The summed E-state index contributed by atoms with van der Waals surface area (Å²) in [6.07, 6.45) is 8.86. The first kappa shape index (κ1) is 19.2. The molecule has 0 bridgehead atoms. The van der Waals surface area contributed by atoms with Crippen LogP contribution in [0.4, 0.5) is 0 Å². The van der Waals surface area contributed by atoms with Crippen LogP contribution in [0.15, 0.2) is 35.0 Å². The van der Waals surface area contributed by atoms with E-state index in [0.717, 1.165) is 19.3 Å². The molecule has 0 aromatic carbocycles. The van der Waals surface area contributed by atoms with Crippen molar-refractivity contribution in [1.82, 2.24) is 0 Å². The number of carbonyl (C=O) groups excluding carboxylic acids is 1. The third-order valence-electron chi connectivity index (χ3n) is 2.29. The Morgan fingerprint density at radius 1 is 1.30 bits per heavy atom. The minimum absolute atomic E-state index is 0. The van der Waals surface area contributed by atoms with E-state index in [1.165, 1.54) is 0 Å². The molecule has 0 saturated heterocycles. The summed E-state index contributed by atoms with van der Waals surface area (Å²) in [5.41, 5.74) is 0. The van der Waals surface area contributed by atoms with E-state index in [-0.39, 0.29) is 57.8 Å². The molecule has 4 heteroatoms. The molecule has 0 unspecified atom stereocenters. The van der Waals surface area contributed by atoms with Crippen LogP contribution in [0.3, 0.4) is 0 Å². The first-order valence-corrected chi connectivity index (χ1v) is 6.19. The maximum atomic E-state index is 10.2. The number of carboxylic acids is 1. The van der Waals surface area contributed by atoms with E-state index in [2.05, 4.69) is 23.7 Å². The number of hydrogen-bond acceptors (Lipinski definition) is 3. The molecule has 1 rings (SSSR count). The zero-order valence-corrected chi connectivity index (χ0v) is 14.8. The summed E-state index contributed by atoms with van der Waals surface area (Å²) >= 11 is 0. The van der Waals surface area contributed by atoms with Gasteiger partial charge in [0.05, 0.1) is 6.26 Å². The predicted octanol–water partition coefficient (Wildman–Crippen LogP) is -1.10. The Morgan fingerprint density at radius 2 is 2.15 bits per heavy atom. The Hall–Kier alpha value is -0.754. The number of hydrogen-bond donors (Lipinski definition) is 0. The average Bonchev–Trinajstić information content (AvgIpc) is 2.88. The third kappa shape index (κ3) is 11.1. The zero-order valence-electron chi connectivity index (χ0n) is 11.6. The molecule has 0 fully saturated rings. The first-order chi connectivity index (χ1) is 9.29. The van der Waals surface area contributed by atoms with Crippen molar-refractivity contribution in [2.75, 3.05) is 0 Å². The summed E-state index contributed by atoms with van der Waals surface area (Å²) in [5.74, 6) is 10.6. The molecule has 0 amide bonds. The molecule has 1 aromatic heterocycles. The van der Waals surface area contributed by atoms with Gasteiger partial charge in [-0.2, -0.15) is 0 Å². The van der Waals surface area contributed by atoms with Gasteiger partial charge in [0, 0.05) is 5.97 Å². The maximum absolute atomic E-state index is 10.2. The van der Waals surface area contributed by atoms with Crippen molar-refractivity contribution in [2.24, 2.45) is 0 Å². The number of allylic oxidation sites excluding steroid dienone is 2. The summed E-state index contributed by atoms with van der Waals surface area (Å²) in [6.45, 7) is 0. The SMILES string of the molecule is O=C([O-])CCCCC/C=C\C#CC#Cc1ccco1.[K+]. The second kappa shape index (κ2) is 13.2. The Bertz CT molecular complexity index is 522. The molecule has 0 aliphatic rings. The van der Waals surface area contributed by atoms with E-state index >= 15 is 0 Å². The Labute approximate surface area is 162 Å². The first-order valence-electron chi connectivity index (χ1n) is 6.19. The van der Waals surface area contributed by atoms with Crippen molar-refractivity contribution in [2.45, 2.75) is 32.1 Å². The van der Waals surface area contributed by atoms with Gasteiger partial charge in [0.1, 0.15) is 0 Å². The molecular weight excluding hydrogens is 279 g/mol. The van der Waals surface area contributed by atoms with Gasteiger partial charge in [-0.05, 0) is 61.7 Å². The fraction of sp³-hybridized carbons (Fsp3) is 0.312. The predicted molar refractivity (Wildman–Crippen MR) is 70.6 cm³/mol. The number of carbonyl (C=O) groups is 1. The van der Waals surface area contributed by atoms with Crippen molar-refractivity contribution >= 4 is 5.97 Å². The van der Waals surface area contributed by atoms with Gasteiger partial charge in [-0.25, -0.2) is 0 Å². The van der Waals surface area contributed by atoms with Crippen LogP contribution in [0.2, 0.25) is 0 Å². The van der Waals surface area contributed by atoms with E-state index in [1.54, 1.807) is 24.5 Å². The van der Waals surface area contributed by atoms with Gasteiger partial charge < -0.3 is 14.3 Å². The topological polar surface area (TPSA) is 53.3 Å². The molecule has 0 saturated carbocycles. The van der Waals surface area contributed by atoms with Crippen LogP contribution >= 0.6 is 0 Å². The molecule has 0 N–H and O–H groups in total. The number of rotatable bonds is 6. The molecule has 1 aromatic rings. The van der Waals surface area contributed by atoms with Crippen molar-refractivity contribution < 1.29 is 65.7 Å². The monoisotopic (exact) mass is 294 g/mol. The maximum Gasteiger partial charge on any atom is 1.00 e. The number of carboxylic acid groups (broad SMARTS) is 1. The van der Waals surface area contributed by atoms with Crippen LogP contribution in [0.1, 0.15) is 37.9 Å². The smallest absolute Gasteiger partial charge is 0.550 e. The molecule has 20 heavy (non-hydrogen) atoms. The molecule has 0 atom stereocenters. The largest absolute Gasteiger partial charge is 1.00 e. The van der Waals surface area contributed by atoms with E-state index in [4.69, 9.17) is 4.42 Å². The van der Waals surface area contributed by atoms with E-state index in [9.17, 15) is 9.90 Å². The van der Waals surface area contributed by atoms with Crippen LogP contribution in [0.5, 0.6) is 0 Å². The summed E-state index contributed by atoms with van der Waals surface area (Å²) in [6, 6.07) is 3.55. The molecular formula is C16H15KO3.